The molecule has 0 atom stereocenters. The lowest BCUT2D eigenvalue weighted by atomic mass is 10.2. The van der Waals surface area contributed by atoms with Crippen LogP contribution >= 0.6 is 15.9 Å². The second-order valence-corrected chi connectivity index (χ2v) is 4.33. The van der Waals surface area contributed by atoms with E-state index in [-0.39, 0.29) is 0 Å². The number of ether oxygens (including phenoxy) is 1. The van der Waals surface area contributed by atoms with Gasteiger partial charge in [0.15, 0.2) is 0 Å². The van der Waals surface area contributed by atoms with Gasteiger partial charge in [-0.15, -0.1) is 0 Å². The number of halogens is 1. The normalized spacial score (nSPS) is 10.2. The van der Waals surface area contributed by atoms with E-state index in [9.17, 15) is 0 Å². The summed E-state index contributed by atoms with van der Waals surface area (Å²) in [6.07, 6.45) is 4.03. The number of hydrogen-bond donors (Lipinski definition) is 0. The van der Waals surface area contributed by atoms with Crippen LogP contribution in [0.1, 0.15) is 19.4 Å². The molecule has 0 spiro atoms. The number of aromatic nitrogens is 2. The summed E-state index contributed by atoms with van der Waals surface area (Å²) in [5.41, 5.74) is 2.43. The van der Waals surface area contributed by atoms with Crippen molar-refractivity contribution in [1.29, 1.82) is 0 Å². The van der Waals surface area contributed by atoms with E-state index in [1.807, 2.05) is 26.1 Å². The molecule has 0 aliphatic carbocycles. The summed E-state index contributed by atoms with van der Waals surface area (Å²) in [6, 6.07) is 2.05. The molecule has 0 aliphatic rings. The van der Waals surface area contributed by atoms with Crippen molar-refractivity contribution in [2.24, 2.45) is 0 Å². The van der Waals surface area contributed by atoms with E-state index in [0.29, 0.717) is 0 Å². The lowest BCUT2D eigenvalue weighted by molar-refractivity contribution is 0.188. The number of rotatable bonds is 3. The van der Waals surface area contributed by atoms with Crippen LogP contribution in [0.25, 0.3) is 10.9 Å². The van der Waals surface area contributed by atoms with Crippen molar-refractivity contribution in [3.05, 3.63) is 28.6 Å². The maximum Gasteiger partial charge on any atom is 0.106 e. The number of fused-ring (bicyclic) bond motifs is 1. The van der Waals surface area contributed by atoms with E-state index in [0.717, 1.165) is 23.3 Å². The minimum absolute atomic E-state index is 0.722. The molecule has 2 heterocycles. The molecule has 0 saturated carbocycles. The van der Waals surface area contributed by atoms with E-state index >= 15 is 0 Å². The summed E-state index contributed by atoms with van der Waals surface area (Å²) in [6.45, 7) is 7.70. The van der Waals surface area contributed by atoms with Gasteiger partial charge in [-0.05, 0) is 34.5 Å². The van der Waals surface area contributed by atoms with Crippen molar-refractivity contribution < 1.29 is 4.74 Å². The molecule has 0 N–H and O–H groups in total. The molecule has 0 radical (unpaired) electrons. The molecule has 2 rings (SSSR count). The zero-order valence-corrected chi connectivity index (χ0v) is 12.4. The van der Waals surface area contributed by atoms with Crippen LogP contribution in [0.2, 0.25) is 0 Å². The smallest absolute Gasteiger partial charge is 0.106 e. The largest absolute Gasteiger partial charge is 0.383 e. The Hall–Kier alpha value is -0.870. The van der Waals surface area contributed by atoms with Gasteiger partial charge in [-0.2, -0.15) is 0 Å². The van der Waals surface area contributed by atoms with E-state index < -0.39 is 0 Å². The highest BCUT2D eigenvalue weighted by Crippen LogP contribution is 2.22. The summed E-state index contributed by atoms with van der Waals surface area (Å²) in [5.74, 6) is 0. The van der Waals surface area contributed by atoms with Gasteiger partial charge in [-0.25, -0.2) is 4.98 Å². The van der Waals surface area contributed by atoms with Gasteiger partial charge in [0.2, 0.25) is 0 Å². The molecule has 0 unspecified atom stereocenters. The average molecular weight is 299 g/mol. The summed E-state index contributed by atoms with van der Waals surface area (Å²) in [4.78, 5) is 4.24. The first-order chi connectivity index (χ1) is 8.22. The van der Waals surface area contributed by atoms with Gasteiger partial charge in [0.1, 0.15) is 4.60 Å². The Labute approximate surface area is 111 Å². The predicted molar refractivity (Wildman–Crippen MR) is 75.4 cm³/mol. The average Bonchev–Trinajstić information content (AvgIpc) is 2.66. The SMILES string of the molecule is CC.COCCn1cc(C)c2cc(Br)ncc21. The van der Waals surface area contributed by atoms with Crippen LogP contribution in [0.5, 0.6) is 0 Å². The molecule has 0 aromatic carbocycles. The lowest BCUT2D eigenvalue weighted by Crippen LogP contribution is -2.02. The van der Waals surface area contributed by atoms with Gasteiger partial charge in [0, 0.05) is 25.2 Å². The van der Waals surface area contributed by atoms with E-state index in [1.165, 1.54) is 10.9 Å². The molecule has 0 saturated heterocycles. The van der Waals surface area contributed by atoms with Crippen LogP contribution in [0.4, 0.5) is 0 Å². The van der Waals surface area contributed by atoms with Gasteiger partial charge < -0.3 is 9.30 Å². The Morgan fingerprint density at radius 2 is 2.12 bits per heavy atom. The Morgan fingerprint density at radius 3 is 2.76 bits per heavy atom. The first kappa shape index (κ1) is 14.2. The molecule has 0 amide bonds. The van der Waals surface area contributed by atoms with Crippen LogP contribution in [0.15, 0.2) is 23.1 Å². The minimum Gasteiger partial charge on any atom is -0.383 e. The Morgan fingerprint density at radius 1 is 1.41 bits per heavy atom. The first-order valence-electron chi connectivity index (χ1n) is 5.82. The van der Waals surface area contributed by atoms with Crippen LogP contribution in [-0.2, 0) is 11.3 Å². The van der Waals surface area contributed by atoms with E-state index in [1.54, 1.807) is 7.11 Å². The summed E-state index contributed by atoms with van der Waals surface area (Å²) < 4.78 is 8.13. The Bertz CT molecular complexity index is 479. The number of hydrogen-bond acceptors (Lipinski definition) is 2. The zero-order valence-electron chi connectivity index (χ0n) is 10.8. The summed E-state index contributed by atoms with van der Waals surface area (Å²) in [7, 11) is 1.72. The van der Waals surface area contributed by atoms with Gasteiger partial charge in [0.05, 0.1) is 18.3 Å². The highest BCUT2D eigenvalue weighted by Gasteiger charge is 2.05. The van der Waals surface area contributed by atoms with E-state index in [4.69, 9.17) is 4.74 Å². The highest BCUT2D eigenvalue weighted by molar-refractivity contribution is 9.10. The molecule has 2 aromatic rings. The molecule has 17 heavy (non-hydrogen) atoms. The van der Waals surface area contributed by atoms with Crippen LogP contribution in [-0.4, -0.2) is 23.3 Å². The predicted octanol–water partition coefficient (Wildman–Crippen LogP) is 3.78. The standard InChI is InChI=1S/C11H13BrN2O.C2H6/c1-8-7-14(3-4-15-2)10-6-13-11(12)5-9(8)10;1-2/h5-7H,3-4H2,1-2H3;1-2H3. The van der Waals surface area contributed by atoms with Gasteiger partial charge in [-0.1, -0.05) is 13.8 Å². The topological polar surface area (TPSA) is 27.1 Å². The molecule has 0 bridgehead atoms. The van der Waals surface area contributed by atoms with Gasteiger partial charge in [0.25, 0.3) is 0 Å². The third-order valence-corrected chi connectivity index (χ3v) is 2.90. The molecule has 0 fully saturated rings. The number of nitrogens with zero attached hydrogens (tertiary/aromatic N) is 2. The minimum atomic E-state index is 0.722. The number of methoxy groups -OCH3 is 1. The highest BCUT2D eigenvalue weighted by atomic mass is 79.9. The lowest BCUT2D eigenvalue weighted by Gasteiger charge is -2.03. The van der Waals surface area contributed by atoms with Crippen LogP contribution in [0, 0.1) is 6.92 Å². The quantitative estimate of drug-likeness (QED) is 0.806. The maximum absolute atomic E-state index is 5.08. The second-order valence-electron chi connectivity index (χ2n) is 3.52. The van der Waals surface area contributed by atoms with E-state index in [2.05, 4.69) is 38.6 Å². The fourth-order valence-corrected chi connectivity index (χ4v) is 2.05. The van der Waals surface area contributed by atoms with Crippen LogP contribution < -0.4 is 0 Å². The maximum atomic E-state index is 5.08. The molecule has 4 heteroatoms. The van der Waals surface area contributed by atoms with Gasteiger partial charge >= 0.3 is 0 Å². The Balaban J connectivity index is 0.000000686. The molecule has 0 aliphatic heterocycles. The summed E-state index contributed by atoms with van der Waals surface area (Å²) in [5, 5.41) is 1.24. The fourth-order valence-electron chi connectivity index (χ4n) is 1.71. The fraction of sp³-hybridized carbons (Fsp3) is 0.462. The third kappa shape index (κ3) is 3.30. The third-order valence-electron chi connectivity index (χ3n) is 2.47. The second kappa shape index (κ2) is 6.77. The van der Waals surface area contributed by atoms with Crippen molar-refractivity contribution >= 4 is 26.8 Å². The Kier molecular flexibility index (Phi) is 5.65. The van der Waals surface area contributed by atoms with Crippen molar-refractivity contribution in [3.63, 3.8) is 0 Å². The van der Waals surface area contributed by atoms with Crippen molar-refractivity contribution in [2.75, 3.05) is 13.7 Å². The van der Waals surface area contributed by atoms with Crippen molar-refractivity contribution in [2.45, 2.75) is 27.3 Å². The molecule has 2 aromatic heterocycles. The first-order valence-corrected chi connectivity index (χ1v) is 6.61. The summed E-state index contributed by atoms with van der Waals surface area (Å²) >= 11 is 3.38. The monoisotopic (exact) mass is 298 g/mol. The molecule has 3 nitrogen and oxygen atoms in total. The van der Waals surface area contributed by atoms with Crippen molar-refractivity contribution in [3.8, 4) is 0 Å². The number of aryl methyl sites for hydroxylation is 1. The number of pyridine rings is 1. The molecular formula is C13H19BrN2O. The van der Waals surface area contributed by atoms with Gasteiger partial charge in [-0.3, -0.25) is 0 Å². The zero-order chi connectivity index (χ0) is 12.8. The van der Waals surface area contributed by atoms with Crippen molar-refractivity contribution in [1.82, 2.24) is 9.55 Å². The molecular weight excluding hydrogens is 280 g/mol. The van der Waals surface area contributed by atoms with Crippen LogP contribution in [0.3, 0.4) is 0 Å². The molecule has 94 valence electrons.